The fourth-order valence-electron chi connectivity index (χ4n) is 1.82. The van der Waals surface area contributed by atoms with Crippen LogP contribution < -0.4 is 5.73 Å². The van der Waals surface area contributed by atoms with Gasteiger partial charge < -0.3 is 5.73 Å². The van der Waals surface area contributed by atoms with E-state index in [9.17, 15) is 4.79 Å². The second-order valence-electron chi connectivity index (χ2n) is 4.29. The fourth-order valence-corrected chi connectivity index (χ4v) is 2.51. The topological polar surface area (TPSA) is 43.1 Å². The number of ketones is 1. The minimum Gasteiger partial charge on any atom is -0.315 e. The number of carbonyl (C=O) groups is 1. The van der Waals surface area contributed by atoms with Crippen LogP contribution in [-0.4, -0.2) is 5.78 Å². The predicted octanol–water partition coefficient (Wildman–Crippen LogP) is 3.11. The maximum Gasteiger partial charge on any atom is 0.187 e. The van der Waals surface area contributed by atoms with Gasteiger partial charge in [0.1, 0.15) is 5.54 Å². The molecule has 0 amide bonds. The average Bonchev–Trinajstić information content (AvgIpc) is 2.75. The first-order valence-corrected chi connectivity index (χ1v) is 6.34. The number of carbonyl (C=O) groups excluding carboxylic acids is 1. The molecule has 1 heterocycles. The van der Waals surface area contributed by atoms with Crippen LogP contribution in [0.5, 0.6) is 0 Å². The second kappa shape index (κ2) is 4.43. The molecule has 0 fully saturated rings. The molecule has 2 aromatic rings. The van der Waals surface area contributed by atoms with Crippen LogP contribution in [0.4, 0.5) is 0 Å². The minimum absolute atomic E-state index is 0.0255. The Balaban J connectivity index is 2.40. The lowest BCUT2D eigenvalue weighted by Crippen LogP contribution is -2.41. The minimum atomic E-state index is -0.965. The molecule has 0 aliphatic carbocycles. The normalized spacial score (nSPS) is 14.3. The number of benzene rings is 1. The maximum absolute atomic E-state index is 12.4. The van der Waals surface area contributed by atoms with Gasteiger partial charge in [-0.2, -0.15) is 0 Å². The molecule has 88 valence electrons. The Hall–Kier alpha value is -1.45. The summed E-state index contributed by atoms with van der Waals surface area (Å²) < 4.78 is 0. The fraction of sp³-hybridized carbons (Fsp3) is 0.214. The van der Waals surface area contributed by atoms with Crippen molar-refractivity contribution in [2.75, 3.05) is 0 Å². The van der Waals surface area contributed by atoms with Crippen LogP contribution in [-0.2, 0) is 5.54 Å². The highest BCUT2D eigenvalue weighted by molar-refractivity contribution is 7.10. The maximum atomic E-state index is 12.4. The highest BCUT2D eigenvalue weighted by Gasteiger charge is 2.32. The zero-order chi connectivity index (χ0) is 12.5. The van der Waals surface area contributed by atoms with Gasteiger partial charge in [0.05, 0.1) is 0 Å². The lowest BCUT2D eigenvalue weighted by atomic mass is 9.85. The first-order valence-electron chi connectivity index (χ1n) is 5.47. The second-order valence-corrected chi connectivity index (χ2v) is 5.41. The molecule has 2 N–H and O–H groups in total. The number of thiophene rings is 1. The summed E-state index contributed by atoms with van der Waals surface area (Å²) in [6, 6.07) is 11.3. The summed E-state index contributed by atoms with van der Waals surface area (Å²) in [7, 11) is 0. The molecule has 2 nitrogen and oxygen atoms in total. The van der Waals surface area contributed by atoms with Gasteiger partial charge in [-0.3, -0.25) is 4.79 Å². The zero-order valence-electron chi connectivity index (χ0n) is 9.94. The summed E-state index contributed by atoms with van der Waals surface area (Å²) in [5, 5.41) is 1.92. The van der Waals surface area contributed by atoms with Crippen LogP contribution in [0.25, 0.3) is 0 Å². The third-order valence-electron chi connectivity index (χ3n) is 2.95. The van der Waals surface area contributed by atoms with Crippen molar-refractivity contribution in [1.29, 1.82) is 0 Å². The van der Waals surface area contributed by atoms with Crippen molar-refractivity contribution in [3.63, 3.8) is 0 Å². The van der Waals surface area contributed by atoms with Crippen molar-refractivity contribution in [3.05, 3.63) is 57.8 Å². The number of hydrogen-bond donors (Lipinski definition) is 1. The van der Waals surface area contributed by atoms with Gasteiger partial charge in [0.2, 0.25) is 0 Å². The van der Waals surface area contributed by atoms with E-state index in [4.69, 9.17) is 5.73 Å². The van der Waals surface area contributed by atoms with Crippen LogP contribution >= 0.6 is 11.3 Å². The lowest BCUT2D eigenvalue weighted by Gasteiger charge is -2.23. The first-order chi connectivity index (χ1) is 8.03. The Morgan fingerprint density at radius 2 is 1.88 bits per heavy atom. The number of Topliss-reactive ketones (excluding diaryl/α,β-unsaturated/α-hetero) is 1. The Kier molecular flexibility index (Phi) is 3.13. The summed E-state index contributed by atoms with van der Waals surface area (Å²) in [5.74, 6) is -0.0255. The molecule has 1 aromatic carbocycles. The van der Waals surface area contributed by atoms with E-state index in [-0.39, 0.29) is 5.78 Å². The van der Waals surface area contributed by atoms with Crippen LogP contribution in [0.2, 0.25) is 0 Å². The molecule has 1 atom stereocenters. The zero-order valence-corrected chi connectivity index (χ0v) is 10.8. The summed E-state index contributed by atoms with van der Waals surface area (Å²) in [6.45, 7) is 3.71. The van der Waals surface area contributed by atoms with E-state index in [0.29, 0.717) is 0 Å². The van der Waals surface area contributed by atoms with Crippen molar-refractivity contribution in [3.8, 4) is 0 Å². The van der Waals surface area contributed by atoms with Crippen molar-refractivity contribution in [1.82, 2.24) is 0 Å². The monoisotopic (exact) mass is 245 g/mol. The number of hydrogen-bond acceptors (Lipinski definition) is 3. The van der Waals surface area contributed by atoms with E-state index >= 15 is 0 Å². The highest BCUT2D eigenvalue weighted by atomic mass is 32.1. The molecule has 0 bridgehead atoms. The molecule has 2 rings (SSSR count). The van der Waals surface area contributed by atoms with Crippen LogP contribution in [0, 0.1) is 6.92 Å². The number of rotatable bonds is 3. The van der Waals surface area contributed by atoms with Crippen molar-refractivity contribution in [2.24, 2.45) is 5.73 Å². The van der Waals surface area contributed by atoms with E-state index < -0.39 is 5.54 Å². The molecule has 0 spiro atoms. The Morgan fingerprint density at radius 1 is 1.24 bits per heavy atom. The smallest absolute Gasteiger partial charge is 0.187 e. The van der Waals surface area contributed by atoms with Gasteiger partial charge in [-0.05, 0) is 30.9 Å². The quantitative estimate of drug-likeness (QED) is 0.844. The van der Waals surface area contributed by atoms with Gasteiger partial charge in [0, 0.05) is 10.4 Å². The SMILES string of the molecule is Cc1sccc1C(=O)C(C)(N)c1ccccc1. The lowest BCUT2D eigenvalue weighted by molar-refractivity contribution is 0.0900. The molecule has 0 radical (unpaired) electrons. The molecule has 1 unspecified atom stereocenters. The van der Waals surface area contributed by atoms with Gasteiger partial charge in [0.15, 0.2) is 5.78 Å². The van der Waals surface area contributed by atoms with Crippen LogP contribution in [0.3, 0.4) is 0 Å². The Labute approximate surface area is 105 Å². The Morgan fingerprint density at radius 3 is 2.41 bits per heavy atom. The van der Waals surface area contributed by atoms with E-state index in [1.807, 2.05) is 48.7 Å². The van der Waals surface area contributed by atoms with Gasteiger partial charge in [-0.25, -0.2) is 0 Å². The molecular weight excluding hydrogens is 230 g/mol. The number of aryl methyl sites for hydroxylation is 1. The molecular formula is C14H15NOS. The molecule has 17 heavy (non-hydrogen) atoms. The third kappa shape index (κ3) is 2.16. The van der Waals surface area contributed by atoms with E-state index in [0.717, 1.165) is 16.0 Å². The molecule has 0 saturated heterocycles. The van der Waals surface area contributed by atoms with Gasteiger partial charge >= 0.3 is 0 Å². The van der Waals surface area contributed by atoms with E-state index in [2.05, 4.69) is 0 Å². The van der Waals surface area contributed by atoms with E-state index in [1.165, 1.54) is 0 Å². The van der Waals surface area contributed by atoms with Gasteiger partial charge in [-0.1, -0.05) is 30.3 Å². The van der Waals surface area contributed by atoms with E-state index in [1.54, 1.807) is 18.3 Å². The third-order valence-corrected chi connectivity index (χ3v) is 3.79. The van der Waals surface area contributed by atoms with Crippen molar-refractivity contribution < 1.29 is 4.79 Å². The number of nitrogens with two attached hydrogens (primary N) is 1. The van der Waals surface area contributed by atoms with Crippen LogP contribution in [0.1, 0.15) is 27.7 Å². The molecule has 0 aliphatic rings. The van der Waals surface area contributed by atoms with Crippen molar-refractivity contribution >= 4 is 17.1 Å². The highest BCUT2D eigenvalue weighted by Crippen LogP contribution is 2.26. The molecule has 0 saturated carbocycles. The van der Waals surface area contributed by atoms with Gasteiger partial charge in [0.25, 0.3) is 0 Å². The largest absolute Gasteiger partial charge is 0.315 e. The standard InChI is InChI=1S/C14H15NOS/c1-10-12(8-9-17-10)13(16)14(2,15)11-6-4-3-5-7-11/h3-9H,15H2,1-2H3. The summed E-state index contributed by atoms with van der Waals surface area (Å²) >= 11 is 1.57. The first kappa shape index (κ1) is 12.0. The van der Waals surface area contributed by atoms with Crippen LogP contribution in [0.15, 0.2) is 41.8 Å². The molecule has 1 aromatic heterocycles. The summed E-state index contributed by atoms with van der Waals surface area (Å²) in [6.07, 6.45) is 0. The van der Waals surface area contributed by atoms with Crippen molar-refractivity contribution in [2.45, 2.75) is 19.4 Å². The average molecular weight is 245 g/mol. The van der Waals surface area contributed by atoms with Gasteiger partial charge in [-0.15, -0.1) is 11.3 Å². The summed E-state index contributed by atoms with van der Waals surface area (Å²) in [5.41, 5.74) is 6.80. The summed E-state index contributed by atoms with van der Waals surface area (Å²) in [4.78, 5) is 13.4. The molecule has 3 heteroatoms. The Bertz CT molecular complexity index is 528. The molecule has 0 aliphatic heterocycles. The predicted molar refractivity (Wildman–Crippen MR) is 71.4 cm³/mol.